The van der Waals surface area contributed by atoms with Crippen molar-refractivity contribution in [3.05, 3.63) is 68.5 Å². The van der Waals surface area contributed by atoms with Gasteiger partial charge in [-0.1, -0.05) is 11.6 Å². The molecule has 0 spiro atoms. The number of rotatable bonds is 4. The maximum Gasteiger partial charge on any atom is 0.274 e. The van der Waals surface area contributed by atoms with Crippen LogP contribution in [0.2, 0.25) is 5.02 Å². The Morgan fingerprint density at radius 1 is 1.21 bits per heavy atom. The highest BCUT2D eigenvalue weighted by Gasteiger charge is 2.25. The number of hydrazine groups is 1. The van der Waals surface area contributed by atoms with Gasteiger partial charge in [-0.2, -0.15) is 10.4 Å². The highest BCUT2D eigenvalue weighted by atomic mass is 79.9. The summed E-state index contributed by atoms with van der Waals surface area (Å²) in [6, 6.07) is 9.65. The van der Waals surface area contributed by atoms with Gasteiger partial charge < -0.3 is 5.32 Å². The minimum absolute atomic E-state index is 0.0431. The first-order valence-electron chi connectivity index (χ1n) is 9.80. The van der Waals surface area contributed by atoms with Crippen LogP contribution in [0.25, 0.3) is 5.82 Å². The molecular formula is C22H19BrClN7O3. The Kier molecular flexibility index (Phi) is 7.34. The number of pyridine rings is 1. The van der Waals surface area contributed by atoms with Crippen molar-refractivity contribution in [3.63, 3.8) is 0 Å². The van der Waals surface area contributed by atoms with E-state index in [1.807, 2.05) is 6.07 Å². The molecule has 0 saturated carbocycles. The second-order valence-electron chi connectivity index (χ2n) is 7.23. The SMILES string of the molecule is CC(=O)N(C)N(C)C(=O)c1cc(C#N)cc(C)c1NC(=O)c1cc(Br)nn1-c1ncccc1Cl. The van der Waals surface area contributed by atoms with Crippen LogP contribution in [0, 0.1) is 18.3 Å². The van der Waals surface area contributed by atoms with Crippen LogP contribution in [0.3, 0.4) is 0 Å². The zero-order valence-corrected chi connectivity index (χ0v) is 21.0. The summed E-state index contributed by atoms with van der Waals surface area (Å²) in [5.74, 6) is -1.30. The number of amides is 3. The predicted octanol–water partition coefficient (Wildman–Crippen LogP) is 3.58. The Balaban J connectivity index is 2.07. The average Bonchev–Trinajstić information content (AvgIpc) is 3.20. The van der Waals surface area contributed by atoms with E-state index in [9.17, 15) is 19.6 Å². The van der Waals surface area contributed by atoms with Crippen molar-refractivity contribution in [1.29, 1.82) is 5.26 Å². The molecule has 174 valence electrons. The van der Waals surface area contributed by atoms with Crippen LogP contribution in [0.4, 0.5) is 5.69 Å². The van der Waals surface area contributed by atoms with Crippen molar-refractivity contribution in [3.8, 4) is 11.9 Å². The quantitative estimate of drug-likeness (QED) is 0.501. The lowest BCUT2D eigenvalue weighted by Crippen LogP contribution is -2.44. The number of carbonyl (C=O) groups is 3. The molecule has 34 heavy (non-hydrogen) atoms. The molecule has 3 aromatic rings. The van der Waals surface area contributed by atoms with Gasteiger partial charge in [0.15, 0.2) is 5.82 Å². The van der Waals surface area contributed by atoms with Crippen molar-refractivity contribution in [2.75, 3.05) is 19.4 Å². The first kappa shape index (κ1) is 24.9. The van der Waals surface area contributed by atoms with Crippen LogP contribution in [0.5, 0.6) is 0 Å². The largest absolute Gasteiger partial charge is 0.320 e. The second-order valence-corrected chi connectivity index (χ2v) is 8.45. The number of hydrogen-bond acceptors (Lipinski definition) is 6. The molecule has 0 bridgehead atoms. The van der Waals surface area contributed by atoms with E-state index in [2.05, 4.69) is 31.3 Å². The second kappa shape index (κ2) is 10.0. The zero-order valence-electron chi connectivity index (χ0n) is 18.6. The summed E-state index contributed by atoms with van der Waals surface area (Å²) in [7, 11) is 2.85. The lowest BCUT2D eigenvalue weighted by Gasteiger charge is -2.28. The van der Waals surface area contributed by atoms with Gasteiger partial charge in [0, 0.05) is 33.3 Å². The average molecular weight is 545 g/mol. The third-order valence-electron chi connectivity index (χ3n) is 4.99. The number of benzene rings is 1. The van der Waals surface area contributed by atoms with Gasteiger partial charge in [0.05, 0.1) is 27.9 Å². The summed E-state index contributed by atoms with van der Waals surface area (Å²) in [4.78, 5) is 42.4. The molecule has 0 aliphatic rings. The molecule has 12 heteroatoms. The highest BCUT2D eigenvalue weighted by molar-refractivity contribution is 9.10. The smallest absolute Gasteiger partial charge is 0.274 e. The van der Waals surface area contributed by atoms with Crippen LogP contribution < -0.4 is 5.32 Å². The summed E-state index contributed by atoms with van der Waals surface area (Å²) in [6.45, 7) is 2.97. The Hall–Kier alpha value is -3.75. The van der Waals surface area contributed by atoms with E-state index in [-0.39, 0.29) is 39.3 Å². The van der Waals surface area contributed by atoms with Gasteiger partial charge in [-0.25, -0.2) is 9.67 Å². The van der Waals surface area contributed by atoms with Gasteiger partial charge in [0.25, 0.3) is 11.8 Å². The molecule has 1 aromatic carbocycles. The van der Waals surface area contributed by atoms with Crippen LogP contribution >= 0.6 is 27.5 Å². The Labute approximate surface area is 208 Å². The van der Waals surface area contributed by atoms with E-state index < -0.39 is 11.8 Å². The third-order valence-corrected chi connectivity index (χ3v) is 5.67. The molecule has 10 nitrogen and oxygen atoms in total. The number of hydrogen-bond donors (Lipinski definition) is 1. The molecule has 0 unspecified atom stereocenters. The third kappa shape index (κ3) is 4.93. The molecule has 1 N–H and O–H groups in total. The number of aromatic nitrogens is 3. The summed E-state index contributed by atoms with van der Waals surface area (Å²) < 4.78 is 1.65. The summed E-state index contributed by atoms with van der Waals surface area (Å²) >= 11 is 9.50. The van der Waals surface area contributed by atoms with E-state index >= 15 is 0 Å². The fourth-order valence-corrected chi connectivity index (χ4v) is 3.67. The van der Waals surface area contributed by atoms with Gasteiger partial charge >= 0.3 is 0 Å². The first-order valence-corrected chi connectivity index (χ1v) is 11.0. The van der Waals surface area contributed by atoms with E-state index in [0.29, 0.717) is 10.2 Å². The maximum absolute atomic E-state index is 13.3. The van der Waals surface area contributed by atoms with E-state index in [4.69, 9.17) is 11.6 Å². The monoisotopic (exact) mass is 543 g/mol. The standard InChI is InChI=1S/C22H19BrClN7O3/c1-12-8-14(11-25)9-15(22(34)30(4)29(3)13(2)32)19(12)27-21(33)17-10-18(23)28-31(17)20-16(24)6-5-7-26-20/h5-10H,1-4H3,(H,27,33). The van der Waals surface area contributed by atoms with Gasteiger partial charge in [-0.05, 0) is 52.7 Å². The minimum Gasteiger partial charge on any atom is -0.320 e. The van der Waals surface area contributed by atoms with Crippen LogP contribution in [-0.4, -0.2) is 56.6 Å². The van der Waals surface area contributed by atoms with Crippen molar-refractivity contribution >= 4 is 50.9 Å². The predicted molar refractivity (Wildman–Crippen MR) is 128 cm³/mol. The van der Waals surface area contributed by atoms with Crippen LogP contribution in [0.1, 0.15) is 38.9 Å². The molecule has 0 fully saturated rings. The van der Waals surface area contributed by atoms with Gasteiger partial charge in [-0.3, -0.25) is 24.4 Å². The molecule has 2 heterocycles. The molecule has 3 rings (SSSR count). The molecule has 0 aliphatic carbocycles. The number of nitrogens with one attached hydrogen (secondary N) is 1. The molecular weight excluding hydrogens is 526 g/mol. The fraction of sp³-hybridized carbons (Fsp3) is 0.182. The summed E-state index contributed by atoms with van der Waals surface area (Å²) in [6.07, 6.45) is 1.52. The number of halogens is 2. The lowest BCUT2D eigenvalue weighted by atomic mass is 10.0. The highest BCUT2D eigenvalue weighted by Crippen LogP contribution is 2.27. The normalized spacial score (nSPS) is 10.4. The van der Waals surface area contributed by atoms with E-state index in [1.54, 1.807) is 25.1 Å². The Bertz CT molecular complexity index is 1350. The fourth-order valence-electron chi connectivity index (χ4n) is 3.09. The number of nitriles is 1. The number of nitrogens with zero attached hydrogens (tertiary/aromatic N) is 6. The van der Waals surface area contributed by atoms with Crippen LogP contribution in [0.15, 0.2) is 41.1 Å². The Morgan fingerprint density at radius 3 is 2.53 bits per heavy atom. The van der Waals surface area contributed by atoms with Crippen LogP contribution in [-0.2, 0) is 4.79 Å². The van der Waals surface area contributed by atoms with Crippen molar-refractivity contribution in [2.45, 2.75) is 13.8 Å². The van der Waals surface area contributed by atoms with Crippen molar-refractivity contribution in [1.82, 2.24) is 24.8 Å². The lowest BCUT2D eigenvalue weighted by molar-refractivity contribution is -0.137. The minimum atomic E-state index is -0.593. The number of carbonyl (C=O) groups excluding carboxylic acids is 3. The molecule has 0 radical (unpaired) electrons. The Morgan fingerprint density at radius 2 is 1.91 bits per heavy atom. The van der Waals surface area contributed by atoms with Gasteiger partial charge in [-0.15, -0.1) is 0 Å². The molecule has 0 atom stereocenters. The molecule has 0 aliphatic heterocycles. The van der Waals surface area contributed by atoms with Gasteiger partial charge in [0.2, 0.25) is 5.91 Å². The van der Waals surface area contributed by atoms with Crippen molar-refractivity contribution in [2.24, 2.45) is 0 Å². The summed E-state index contributed by atoms with van der Waals surface area (Å²) in [5, 5.41) is 18.9. The zero-order chi connectivity index (χ0) is 25.2. The number of anilines is 1. The first-order chi connectivity index (χ1) is 16.0. The molecule has 0 saturated heterocycles. The van der Waals surface area contributed by atoms with Gasteiger partial charge in [0.1, 0.15) is 10.3 Å². The topological polar surface area (TPSA) is 124 Å². The number of aryl methyl sites for hydroxylation is 1. The maximum atomic E-state index is 13.3. The van der Waals surface area contributed by atoms with E-state index in [0.717, 1.165) is 10.0 Å². The van der Waals surface area contributed by atoms with Crippen molar-refractivity contribution < 1.29 is 14.4 Å². The van der Waals surface area contributed by atoms with E-state index in [1.165, 1.54) is 44.0 Å². The molecule has 2 aromatic heterocycles. The summed E-state index contributed by atoms with van der Waals surface area (Å²) in [5.41, 5.74) is 1.04. The molecule has 3 amide bonds.